The number of nitro benzene ring substituents is 1. The largest absolute Gasteiger partial charge is 0.345 e. The molecule has 2 amide bonds. The van der Waals surface area contributed by atoms with Gasteiger partial charge in [0.05, 0.1) is 17.2 Å². The van der Waals surface area contributed by atoms with Crippen LogP contribution >= 0.6 is 12.2 Å². The quantitative estimate of drug-likeness (QED) is 0.321. The maximum Gasteiger partial charge on any atom is 0.271 e. The number of carbonyl (C=O) groups excluding carboxylic acids is 2. The molecule has 10 nitrogen and oxygen atoms in total. The van der Waals surface area contributed by atoms with Gasteiger partial charge >= 0.3 is 0 Å². The van der Waals surface area contributed by atoms with Crippen LogP contribution in [0.1, 0.15) is 27.3 Å². The molecular formula is C21H22N6O4S. The van der Waals surface area contributed by atoms with Crippen LogP contribution in [0.4, 0.5) is 11.4 Å². The number of aryl methyl sites for hydroxylation is 2. The van der Waals surface area contributed by atoms with Crippen LogP contribution in [-0.4, -0.2) is 31.1 Å². The van der Waals surface area contributed by atoms with E-state index in [-0.39, 0.29) is 24.7 Å². The van der Waals surface area contributed by atoms with Crippen molar-refractivity contribution in [1.29, 1.82) is 0 Å². The highest BCUT2D eigenvalue weighted by Crippen LogP contribution is 2.21. The molecule has 2 N–H and O–H groups in total. The lowest BCUT2D eigenvalue weighted by atomic mass is 10.1. The van der Waals surface area contributed by atoms with Gasteiger partial charge in [-0.1, -0.05) is 24.3 Å². The first-order valence-corrected chi connectivity index (χ1v) is 10.1. The minimum atomic E-state index is -0.526. The van der Waals surface area contributed by atoms with Crippen molar-refractivity contribution >= 4 is 35.4 Å². The van der Waals surface area contributed by atoms with Gasteiger partial charge in [-0.2, -0.15) is 5.10 Å². The number of anilines is 1. The average molecular weight is 455 g/mol. The number of nitrogens with one attached hydrogen (secondary N) is 2. The van der Waals surface area contributed by atoms with E-state index < -0.39 is 10.8 Å². The Balaban J connectivity index is 1.69. The van der Waals surface area contributed by atoms with Gasteiger partial charge in [0, 0.05) is 24.7 Å². The summed E-state index contributed by atoms with van der Waals surface area (Å²) in [5.41, 5.74) is 2.34. The third-order valence-corrected chi connectivity index (χ3v) is 5.41. The fourth-order valence-electron chi connectivity index (χ4n) is 3.06. The second-order valence-electron chi connectivity index (χ2n) is 7.22. The van der Waals surface area contributed by atoms with Crippen LogP contribution in [0.15, 0.2) is 42.5 Å². The van der Waals surface area contributed by atoms with E-state index in [1.54, 1.807) is 36.7 Å². The number of nitrogens with zero attached hydrogens (tertiary/aromatic N) is 4. The zero-order chi connectivity index (χ0) is 23.4. The van der Waals surface area contributed by atoms with E-state index in [9.17, 15) is 19.7 Å². The Labute approximate surface area is 189 Å². The van der Waals surface area contributed by atoms with Crippen molar-refractivity contribution in [2.24, 2.45) is 7.05 Å². The molecule has 0 radical (unpaired) electrons. The number of nitro groups is 1. The second-order valence-corrected chi connectivity index (χ2v) is 7.58. The summed E-state index contributed by atoms with van der Waals surface area (Å²) in [6.07, 6.45) is 0. The van der Waals surface area contributed by atoms with Gasteiger partial charge in [-0.25, -0.2) is 4.68 Å². The van der Waals surface area contributed by atoms with Crippen molar-refractivity contribution in [1.82, 2.24) is 19.7 Å². The fraction of sp³-hybridized carbons (Fsp3) is 0.238. The van der Waals surface area contributed by atoms with Crippen molar-refractivity contribution in [2.45, 2.75) is 26.9 Å². The predicted molar refractivity (Wildman–Crippen MR) is 121 cm³/mol. The molecule has 1 heterocycles. The van der Waals surface area contributed by atoms with Gasteiger partial charge in [-0.05, 0) is 43.3 Å². The molecule has 0 bridgehead atoms. The minimum Gasteiger partial charge on any atom is -0.345 e. The Morgan fingerprint density at radius 1 is 1.16 bits per heavy atom. The SMILES string of the molecule is Cc1ccc([N+](=O)[O-])cc1NC(=O)Cn1nc(CNC(=O)c2ccccc2C)n(C)c1=S. The smallest absolute Gasteiger partial charge is 0.271 e. The van der Waals surface area contributed by atoms with Crippen LogP contribution in [0, 0.1) is 28.7 Å². The summed E-state index contributed by atoms with van der Waals surface area (Å²) < 4.78 is 3.25. The summed E-state index contributed by atoms with van der Waals surface area (Å²) in [6, 6.07) is 11.5. The number of benzene rings is 2. The summed E-state index contributed by atoms with van der Waals surface area (Å²) in [5, 5.41) is 20.8. The van der Waals surface area contributed by atoms with Gasteiger partial charge < -0.3 is 15.2 Å². The lowest BCUT2D eigenvalue weighted by Gasteiger charge is -2.08. The molecule has 2 aromatic carbocycles. The van der Waals surface area contributed by atoms with Crippen LogP contribution in [0.2, 0.25) is 0 Å². The highest BCUT2D eigenvalue weighted by atomic mass is 32.1. The van der Waals surface area contributed by atoms with Gasteiger partial charge in [0.15, 0.2) is 10.6 Å². The van der Waals surface area contributed by atoms with Gasteiger partial charge in [-0.15, -0.1) is 0 Å². The number of non-ortho nitro benzene ring substituents is 1. The minimum absolute atomic E-state index is 0.118. The Bertz CT molecular complexity index is 1260. The maximum atomic E-state index is 12.5. The molecule has 3 aromatic rings. The highest BCUT2D eigenvalue weighted by molar-refractivity contribution is 7.71. The third-order valence-electron chi connectivity index (χ3n) is 4.93. The van der Waals surface area contributed by atoms with Crippen molar-refractivity contribution in [3.05, 3.63) is 79.9 Å². The van der Waals surface area contributed by atoms with E-state index in [4.69, 9.17) is 12.2 Å². The molecule has 11 heteroatoms. The van der Waals surface area contributed by atoms with Crippen LogP contribution < -0.4 is 10.6 Å². The summed E-state index contributed by atoms with van der Waals surface area (Å²) in [6.45, 7) is 3.54. The van der Waals surface area contributed by atoms with Crippen molar-refractivity contribution < 1.29 is 14.5 Å². The first-order valence-electron chi connectivity index (χ1n) is 9.69. The van der Waals surface area contributed by atoms with E-state index in [1.165, 1.54) is 16.8 Å². The molecule has 0 aliphatic carbocycles. The Morgan fingerprint density at radius 3 is 2.56 bits per heavy atom. The van der Waals surface area contributed by atoms with Crippen LogP contribution in [0.3, 0.4) is 0 Å². The van der Waals surface area contributed by atoms with Crippen molar-refractivity contribution in [2.75, 3.05) is 5.32 Å². The zero-order valence-electron chi connectivity index (χ0n) is 17.8. The molecule has 0 atom stereocenters. The van der Waals surface area contributed by atoms with E-state index >= 15 is 0 Å². The molecular weight excluding hydrogens is 432 g/mol. The second kappa shape index (κ2) is 9.52. The van der Waals surface area contributed by atoms with Gasteiger partial charge in [0.1, 0.15) is 6.54 Å². The zero-order valence-corrected chi connectivity index (χ0v) is 18.6. The molecule has 0 aliphatic heterocycles. The van der Waals surface area contributed by atoms with E-state index in [0.717, 1.165) is 5.56 Å². The summed E-state index contributed by atoms with van der Waals surface area (Å²) in [5.74, 6) is -0.183. The Hall–Kier alpha value is -3.86. The summed E-state index contributed by atoms with van der Waals surface area (Å²) in [7, 11) is 1.70. The molecule has 0 unspecified atom stereocenters. The number of carbonyl (C=O) groups is 2. The van der Waals surface area contributed by atoms with Crippen LogP contribution in [0.25, 0.3) is 0 Å². The topological polar surface area (TPSA) is 124 Å². The van der Waals surface area contributed by atoms with E-state index in [0.29, 0.717) is 27.4 Å². The monoisotopic (exact) mass is 454 g/mol. The first-order chi connectivity index (χ1) is 15.2. The molecule has 0 saturated carbocycles. The average Bonchev–Trinajstić information content (AvgIpc) is 3.01. The number of hydrogen-bond acceptors (Lipinski definition) is 6. The maximum absolute atomic E-state index is 12.5. The van der Waals surface area contributed by atoms with Gasteiger partial charge in [0.25, 0.3) is 11.6 Å². The van der Waals surface area contributed by atoms with Crippen molar-refractivity contribution in [3.8, 4) is 0 Å². The highest BCUT2D eigenvalue weighted by Gasteiger charge is 2.15. The lowest BCUT2D eigenvalue weighted by molar-refractivity contribution is -0.384. The summed E-state index contributed by atoms with van der Waals surface area (Å²) >= 11 is 5.35. The van der Waals surface area contributed by atoms with Crippen LogP contribution in [0.5, 0.6) is 0 Å². The molecule has 0 aliphatic rings. The Morgan fingerprint density at radius 2 is 1.88 bits per heavy atom. The van der Waals surface area contributed by atoms with Gasteiger partial charge in [-0.3, -0.25) is 19.7 Å². The summed E-state index contributed by atoms with van der Waals surface area (Å²) in [4.78, 5) is 35.4. The molecule has 0 saturated heterocycles. The Kier molecular flexibility index (Phi) is 6.79. The molecule has 1 aromatic heterocycles. The standard InChI is InChI=1S/C21H22N6O4S/c1-13-6-4-5-7-16(13)20(29)22-11-18-24-26(21(32)25(18)3)12-19(28)23-17-10-15(27(30)31)9-8-14(17)2/h4-10H,11-12H2,1-3H3,(H,22,29)(H,23,28). The van der Waals surface area contributed by atoms with E-state index in [1.807, 2.05) is 19.1 Å². The molecule has 0 fully saturated rings. The number of rotatable bonds is 7. The predicted octanol–water partition coefficient (Wildman–Crippen LogP) is 3.04. The molecule has 0 spiro atoms. The molecule has 166 valence electrons. The number of hydrogen-bond donors (Lipinski definition) is 2. The van der Waals surface area contributed by atoms with Crippen LogP contribution in [-0.2, 0) is 24.9 Å². The number of aromatic nitrogens is 3. The normalized spacial score (nSPS) is 10.6. The fourth-order valence-corrected chi connectivity index (χ4v) is 3.27. The molecule has 32 heavy (non-hydrogen) atoms. The number of amides is 2. The lowest BCUT2D eigenvalue weighted by Crippen LogP contribution is -2.25. The third kappa shape index (κ3) is 5.06. The van der Waals surface area contributed by atoms with E-state index in [2.05, 4.69) is 15.7 Å². The van der Waals surface area contributed by atoms with Gasteiger partial charge in [0.2, 0.25) is 5.91 Å². The first kappa shape index (κ1) is 22.8. The van der Waals surface area contributed by atoms with Crippen molar-refractivity contribution in [3.63, 3.8) is 0 Å². The molecule has 3 rings (SSSR count).